The van der Waals surface area contributed by atoms with Gasteiger partial charge in [-0.3, -0.25) is 9.58 Å². The molecule has 1 aromatic heterocycles. The number of hydrogen-bond acceptors (Lipinski definition) is 4. The minimum absolute atomic E-state index is 0.0130. The fourth-order valence-electron chi connectivity index (χ4n) is 1.82. The summed E-state index contributed by atoms with van der Waals surface area (Å²) in [5.41, 5.74) is 1.67. The summed E-state index contributed by atoms with van der Waals surface area (Å²) in [5.74, 6) is 0. The second-order valence-electron chi connectivity index (χ2n) is 4.82. The fraction of sp³-hybridized carbons (Fsp3) is 0.750. The van der Waals surface area contributed by atoms with Gasteiger partial charge in [-0.05, 0) is 6.92 Å². The molecule has 1 atom stereocenters. The Hall–Kier alpha value is -1.12. The van der Waals surface area contributed by atoms with Gasteiger partial charge in [-0.2, -0.15) is 18.3 Å². The molecule has 1 rings (SSSR count). The van der Waals surface area contributed by atoms with Crippen molar-refractivity contribution in [2.24, 2.45) is 7.05 Å². The van der Waals surface area contributed by atoms with Gasteiger partial charge < -0.3 is 10.2 Å². The Morgan fingerprint density at radius 2 is 2.10 bits per heavy atom. The molecule has 0 fully saturated rings. The van der Waals surface area contributed by atoms with Crippen molar-refractivity contribution in [3.63, 3.8) is 0 Å². The van der Waals surface area contributed by atoms with Crippen LogP contribution in [-0.2, 0) is 13.6 Å². The Morgan fingerprint density at radius 1 is 1.45 bits per heavy atom. The quantitative estimate of drug-likeness (QED) is 0.782. The lowest BCUT2D eigenvalue weighted by molar-refractivity contribution is -0.139. The number of aliphatic hydroxyl groups is 2. The molecule has 0 aliphatic carbocycles. The molecule has 0 aliphatic rings. The molecule has 0 amide bonds. The van der Waals surface area contributed by atoms with Crippen LogP contribution >= 0.6 is 0 Å². The minimum Gasteiger partial charge on any atom is -0.394 e. The van der Waals surface area contributed by atoms with Gasteiger partial charge in [0, 0.05) is 37.9 Å². The fourth-order valence-corrected chi connectivity index (χ4v) is 1.82. The van der Waals surface area contributed by atoms with E-state index in [4.69, 9.17) is 5.11 Å². The topological polar surface area (TPSA) is 61.5 Å². The number of aliphatic hydroxyl groups excluding tert-OH is 2. The lowest BCUT2D eigenvalue weighted by Crippen LogP contribution is -2.36. The number of halogens is 3. The highest BCUT2D eigenvalue weighted by Gasteiger charge is 2.28. The number of rotatable bonds is 7. The van der Waals surface area contributed by atoms with E-state index in [9.17, 15) is 18.3 Å². The smallest absolute Gasteiger partial charge is 0.390 e. The number of alkyl halides is 3. The third-order valence-electron chi connectivity index (χ3n) is 3.12. The molecule has 1 heterocycles. The van der Waals surface area contributed by atoms with Gasteiger partial charge in [0.25, 0.3) is 0 Å². The van der Waals surface area contributed by atoms with Crippen LogP contribution < -0.4 is 0 Å². The maximum Gasteiger partial charge on any atom is 0.390 e. The Bertz CT molecular complexity index is 421. The molecule has 0 aromatic carbocycles. The predicted molar refractivity (Wildman–Crippen MR) is 67.0 cm³/mol. The van der Waals surface area contributed by atoms with E-state index >= 15 is 0 Å². The lowest BCUT2D eigenvalue weighted by Gasteiger charge is -2.24. The van der Waals surface area contributed by atoms with Crippen molar-refractivity contribution in [2.75, 3.05) is 19.7 Å². The molecule has 116 valence electrons. The van der Waals surface area contributed by atoms with Crippen LogP contribution in [0.2, 0.25) is 0 Å². The van der Waals surface area contributed by atoms with Crippen LogP contribution in [0.5, 0.6) is 0 Å². The van der Waals surface area contributed by atoms with Gasteiger partial charge in [0.2, 0.25) is 0 Å². The summed E-state index contributed by atoms with van der Waals surface area (Å²) in [6, 6.07) is 0. The molecule has 0 aliphatic heterocycles. The molecule has 0 saturated carbocycles. The van der Waals surface area contributed by atoms with Crippen LogP contribution in [0.4, 0.5) is 13.2 Å². The molecule has 2 N–H and O–H groups in total. The zero-order chi connectivity index (χ0) is 15.3. The Kier molecular flexibility index (Phi) is 5.97. The second kappa shape index (κ2) is 7.05. The van der Waals surface area contributed by atoms with E-state index in [2.05, 4.69) is 5.10 Å². The summed E-state index contributed by atoms with van der Waals surface area (Å²) in [7, 11) is 1.75. The summed E-state index contributed by atoms with van der Waals surface area (Å²) in [6.07, 6.45) is -4.65. The lowest BCUT2D eigenvalue weighted by atomic mass is 10.2. The molecular weight excluding hydrogens is 275 g/mol. The third-order valence-corrected chi connectivity index (χ3v) is 3.12. The van der Waals surface area contributed by atoms with Gasteiger partial charge in [0.05, 0.1) is 25.3 Å². The van der Waals surface area contributed by atoms with E-state index in [1.807, 2.05) is 6.92 Å². The number of nitrogens with zero attached hydrogens (tertiary/aromatic N) is 3. The largest absolute Gasteiger partial charge is 0.394 e. The van der Waals surface area contributed by atoms with Gasteiger partial charge >= 0.3 is 6.18 Å². The van der Waals surface area contributed by atoms with Crippen molar-refractivity contribution in [2.45, 2.75) is 32.2 Å². The predicted octanol–water partition coefficient (Wildman–Crippen LogP) is 0.836. The monoisotopic (exact) mass is 295 g/mol. The molecule has 0 saturated heterocycles. The molecule has 0 bridgehead atoms. The van der Waals surface area contributed by atoms with Crippen molar-refractivity contribution in [1.82, 2.24) is 14.7 Å². The van der Waals surface area contributed by atoms with E-state index in [0.29, 0.717) is 0 Å². The zero-order valence-corrected chi connectivity index (χ0v) is 11.6. The van der Waals surface area contributed by atoms with Crippen LogP contribution in [0.25, 0.3) is 0 Å². The van der Waals surface area contributed by atoms with Gasteiger partial charge in [-0.1, -0.05) is 0 Å². The van der Waals surface area contributed by atoms with Crippen molar-refractivity contribution >= 4 is 0 Å². The summed E-state index contributed by atoms with van der Waals surface area (Å²) in [4.78, 5) is 1.47. The maximum atomic E-state index is 12.3. The van der Waals surface area contributed by atoms with Crippen molar-refractivity contribution < 1.29 is 23.4 Å². The highest BCUT2D eigenvalue weighted by molar-refractivity contribution is 5.15. The summed E-state index contributed by atoms with van der Waals surface area (Å²) in [5, 5.41) is 22.3. The summed E-state index contributed by atoms with van der Waals surface area (Å²) in [6.45, 7) is 1.36. The summed E-state index contributed by atoms with van der Waals surface area (Å²) < 4.78 is 38.5. The van der Waals surface area contributed by atoms with E-state index in [1.165, 1.54) is 4.90 Å². The average molecular weight is 295 g/mol. The number of aromatic nitrogens is 2. The highest BCUT2D eigenvalue weighted by atomic mass is 19.4. The molecule has 0 unspecified atom stereocenters. The van der Waals surface area contributed by atoms with Crippen LogP contribution in [-0.4, -0.2) is 56.9 Å². The van der Waals surface area contributed by atoms with Crippen LogP contribution in [0, 0.1) is 6.92 Å². The first-order chi connectivity index (χ1) is 9.23. The third kappa shape index (κ3) is 5.48. The molecule has 0 spiro atoms. The number of hydrogen-bond donors (Lipinski definition) is 2. The average Bonchev–Trinajstić information content (AvgIpc) is 2.66. The van der Waals surface area contributed by atoms with Crippen LogP contribution in [0.1, 0.15) is 17.7 Å². The number of aryl methyl sites for hydroxylation is 1. The van der Waals surface area contributed by atoms with Gasteiger partial charge in [-0.15, -0.1) is 0 Å². The summed E-state index contributed by atoms with van der Waals surface area (Å²) >= 11 is 0. The highest BCUT2D eigenvalue weighted by Crippen LogP contribution is 2.21. The first-order valence-electron chi connectivity index (χ1n) is 6.28. The molecule has 1 aromatic rings. The van der Waals surface area contributed by atoms with E-state index in [-0.39, 0.29) is 19.6 Å². The van der Waals surface area contributed by atoms with Crippen LogP contribution in [0.3, 0.4) is 0 Å². The van der Waals surface area contributed by atoms with Crippen LogP contribution in [0.15, 0.2) is 6.20 Å². The SMILES string of the molecule is Cc1c(CN(CCC(F)(F)F)C[C@H](O)CO)cnn1C. The maximum absolute atomic E-state index is 12.3. The molecule has 0 radical (unpaired) electrons. The van der Waals surface area contributed by atoms with Gasteiger partial charge in [-0.25, -0.2) is 0 Å². The van der Waals surface area contributed by atoms with Crippen molar-refractivity contribution in [3.05, 3.63) is 17.5 Å². The molecule has 8 heteroatoms. The molecule has 5 nitrogen and oxygen atoms in total. The van der Waals surface area contributed by atoms with Gasteiger partial charge in [0.15, 0.2) is 0 Å². The van der Waals surface area contributed by atoms with E-state index < -0.39 is 25.3 Å². The van der Waals surface area contributed by atoms with Crippen molar-refractivity contribution in [1.29, 1.82) is 0 Å². The standard InChI is InChI=1S/C12H20F3N3O2/c1-9-10(5-16-17(9)2)6-18(7-11(20)8-19)4-3-12(13,14)15/h5,11,19-20H,3-4,6-8H2,1-2H3/t11-/m0/s1. The van der Waals surface area contributed by atoms with Crippen molar-refractivity contribution in [3.8, 4) is 0 Å². The first kappa shape index (κ1) is 16.9. The Balaban J connectivity index is 2.69. The van der Waals surface area contributed by atoms with E-state index in [0.717, 1.165) is 11.3 Å². The molecular formula is C12H20F3N3O2. The van der Waals surface area contributed by atoms with E-state index in [1.54, 1.807) is 17.9 Å². The Morgan fingerprint density at radius 3 is 2.55 bits per heavy atom. The first-order valence-corrected chi connectivity index (χ1v) is 6.28. The normalized spacial score (nSPS) is 14.0. The molecule has 20 heavy (non-hydrogen) atoms. The van der Waals surface area contributed by atoms with Gasteiger partial charge in [0.1, 0.15) is 0 Å². The Labute approximate surface area is 115 Å². The zero-order valence-electron chi connectivity index (χ0n) is 11.6. The second-order valence-corrected chi connectivity index (χ2v) is 4.82. The minimum atomic E-state index is -4.24.